The summed E-state index contributed by atoms with van der Waals surface area (Å²) in [5, 5.41) is 12.4. The lowest BCUT2D eigenvalue weighted by atomic mass is 9.97. The molecule has 106 valence electrons. The fourth-order valence-corrected chi connectivity index (χ4v) is 2.51. The molecule has 1 atom stereocenters. The second-order valence-corrected chi connectivity index (χ2v) is 5.59. The van der Waals surface area contributed by atoms with Gasteiger partial charge in [0, 0.05) is 12.7 Å². The van der Waals surface area contributed by atoms with Crippen LogP contribution >= 0.6 is 0 Å². The number of pyridine rings is 1. The minimum absolute atomic E-state index is 0.0423. The SMILES string of the molecule is O=C(O)C1=NC(c2ccnc(NCC3CC3)c2)CCC1. The number of carbonyl (C=O) groups is 1. The normalized spacial score (nSPS) is 22.2. The summed E-state index contributed by atoms with van der Waals surface area (Å²) in [6.45, 7) is 0.977. The maximum Gasteiger partial charge on any atom is 0.349 e. The molecule has 2 N–H and O–H groups in total. The Labute approximate surface area is 118 Å². The van der Waals surface area contributed by atoms with Crippen LogP contribution in [0.2, 0.25) is 0 Å². The Morgan fingerprint density at radius 3 is 3.00 bits per heavy atom. The van der Waals surface area contributed by atoms with Crippen molar-refractivity contribution in [1.82, 2.24) is 4.98 Å². The molecule has 2 aliphatic rings. The first kappa shape index (κ1) is 13.1. The van der Waals surface area contributed by atoms with Gasteiger partial charge in [0.25, 0.3) is 0 Å². The lowest BCUT2D eigenvalue weighted by Gasteiger charge is -2.19. The first-order valence-electron chi connectivity index (χ1n) is 7.22. The van der Waals surface area contributed by atoms with Gasteiger partial charge >= 0.3 is 5.97 Å². The Bertz CT molecular complexity index is 538. The van der Waals surface area contributed by atoms with Crippen LogP contribution in [0.5, 0.6) is 0 Å². The Morgan fingerprint density at radius 2 is 2.25 bits per heavy atom. The van der Waals surface area contributed by atoms with Crippen LogP contribution in [-0.2, 0) is 4.79 Å². The van der Waals surface area contributed by atoms with Gasteiger partial charge in [-0.15, -0.1) is 0 Å². The highest BCUT2D eigenvalue weighted by molar-refractivity contribution is 6.35. The summed E-state index contributed by atoms with van der Waals surface area (Å²) in [7, 11) is 0. The van der Waals surface area contributed by atoms with Crippen LogP contribution in [0.3, 0.4) is 0 Å². The van der Waals surface area contributed by atoms with Gasteiger partial charge in [0.2, 0.25) is 0 Å². The minimum Gasteiger partial charge on any atom is -0.477 e. The van der Waals surface area contributed by atoms with Gasteiger partial charge in [-0.25, -0.2) is 9.78 Å². The van der Waals surface area contributed by atoms with Crippen LogP contribution < -0.4 is 5.32 Å². The molecule has 1 aromatic rings. The van der Waals surface area contributed by atoms with E-state index in [0.29, 0.717) is 12.1 Å². The summed E-state index contributed by atoms with van der Waals surface area (Å²) < 4.78 is 0. The van der Waals surface area contributed by atoms with Gasteiger partial charge < -0.3 is 10.4 Å². The summed E-state index contributed by atoms with van der Waals surface area (Å²) >= 11 is 0. The summed E-state index contributed by atoms with van der Waals surface area (Å²) in [5.41, 5.74) is 1.35. The van der Waals surface area contributed by atoms with Gasteiger partial charge in [0.15, 0.2) is 0 Å². The zero-order chi connectivity index (χ0) is 13.9. The van der Waals surface area contributed by atoms with Crippen molar-refractivity contribution in [3.8, 4) is 0 Å². The molecule has 0 bridgehead atoms. The van der Waals surface area contributed by atoms with E-state index in [1.807, 2.05) is 12.1 Å². The molecule has 0 spiro atoms. The van der Waals surface area contributed by atoms with Crippen molar-refractivity contribution in [2.24, 2.45) is 10.9 Å². The average molecular weight is 273 g/mol. The molecular formula is C15H19N3O2. The van der Waals surface area contributed by atoms with Crippen molar-refractivity contribution in [2.75, 3.05) is 11.9 Å². The molecule has 1 aliphatic carbocycles. The molecule has 5 nitrogen and oxygen atoms in total. The topological polar surface area (TPSA) is 74.6 Å². The van der Waals surface area contributed by atoms with Crippen molar-refractivity contribution in [1.29, 1.82) is 0 Å². The average Bonchev–Trinajstić information content (AvgIpc) is 3.30. The number of rotatable bonds is 5. The molecule has 0 amide bonds. The van der Waals surface area contributed by atoms with E-state index in [1.54, 1.807) is 6.20 Å². The maximum absolute atomic E-state index is 11.0. The van der Waals surface area contributed by atoms with Gasteiger partial charge in [-0.1, -0.05) is 0 Å². The van der Waals surface area contributed by atoms with E-state index in [9.17, 15) is 4.79 Å². The molecule has 5 heteroatoms. The van der Waals surface area contributed by atoms with Crippen molar-refractivity contribution in [3.63, 3.8) is 0 Å². The van der Waals surface area contributed by atoms with Crippen molar-refractivity contribution in [3.05, 3.63) is 23.9 Å². The Balaban J connectivity index is 1.73. The largest absolute Gasteiger partial charge is 0.477 e. The van der Waals surface area contributed by atoms with E-state index in [4.69, 9.17) is 5.11 Å². The van der Waals surface area contributed by atoms with Gasteiger partial charge in [0.05, 0.1) is 6.04 Å². The third kappa shape index (κ3) is 3.15. The Kier molecular flexibility index (Phi) is 3.67. The number of aliphatic carboxylic acids is 1. The molecule has 1 aromatic heterocycles. The van der Waals surface area contributed by atoms with E-state index in [0.717, 1.165) is 36.7 Å². The molecule has 0 radical (unpaired) electrons. The molecule has 1 unspecified atom stereocenters. The number of aromatic nitrogens is 1. The van der Waals surface area contributed by atoms with Gasteiger partial charge in [-0.3, -0.25) is 4.99 Å². The smallest absolute Gasteiger partial charge is 0.349 e. The standard InChI is InChI=1S/C15H19N3O2/c19-15(20)13-3-1-2-12(18-13)11-6-7-16-14(8-11)17-9-10-4-5-10/h6-8,10,12H,1-5,9H2,(H,16,17)(H,19,20). The number of nitrogens with zero attached hydrogens (tertiary/aromatic N) is 2. The molecule has 3 rings (SSSR count). The third-order valence-electron chi connectivity index (χ3n) is 3.89. The van der Waals surface area contributed by atoms with Crippen LogP contribution in [0.4, 0.5) is 5.82 Å². The first-order chi connectivity index (χ1) is 9.72. The lowest BCUT2D eigenvalue weighted by molar-refractivity contribution is -0.129. The van der Waals surface area contributed by atoms with Gasteiger partial charge in [0.1, 0.15) is 11.5 Å². The van der Waals surface area contributed by atoms with E-state index >= 15 is 0 Å². The van der Waals surface area contributed by atoms with Crippen LogP contribution in [-0.4, -0.2) is 28.3 Å². The maximum atomic E-state index is 11.0. The molecule has 1 saturated carbocycles. The highest BCUT2D eigenvalue weighted by Crippen LogP contribution is 2.31. The molecule has 20 heavy (non-hydrogen) atoms. The predicted octanol–water partition coefficient (Wildman–Crippen LogP) is 2.65. The van der Waals surface area contributed by atoms with Gasteiger partial charge in [-0.2, -0.15) is 0 Å². The minimum atomic E-state index is -0.893. The summed E-state index contributed by atoms with van der Waals surface area (Å²) in [6.07, 6.45) is 6.74. The van der Waals surface area contributed by atoms with E-state index in [-0.39, 0.29) is 6.04 Å². The highest BCUT2D eigenvalue weighted by atomic mass is 16.4. The number of anilines is 1. The van der Waals surface area contributed by atoms with E-state index in [2.05, 4.69) is 15.3 Å². The fraction of sp³-hybridized carbons (Fsp3) is 0.533. The van der Waals surface area contributed by atoms with Crippen LogP contribution in [0.1, 0.15) is 43.7 Å². The molecule has 1 aliphatic heterocycles. The number of carboxylic acids is 1. The van der Waals surface area contributed by atoms with Crippen molar-refractivity contribution in [2.45, 2.75) is 38.1 Å². The predicted molar refractivity (Wildman–Crippen MR) is 77.1 cm³/mol. The second kappa shape index (κ2) is 5.61. The monoisotopic (exact) mass is 273 g/mol. The van der Waals surface area contributed by atoms with Crippen LogP contribution in [0.15, 0.2) is 23.3 Å². The van der Waals surface area contributed by atoms with E-state index in [1.165, 1.54) is 12.8 Å². The quantitative estimate of drug-likeness (QED) is 0.865. The number of aliphatic imine (C=N–C) groups is 1. The van der Waals surface area contributed by atoms with Crippen molar-refractivity contribution >= 4 is 17.5 Å². The Hall–Kier alpha value is -1.91. The second-order valence-electron chi connectivity index (χ2n) is 5.59. The van der Waals surface area contributed by atoms with Crippen LogP contribution in [0.25, 0.3) is 0 Å². The first-order valence-corrected chi connectivity index (χ1v) is 7.22. The van der Waals surface area contributed by atoms with Crippen molar-refractivity contribution < 1.29 is 9.90 Å². The highest BCUT2D eigenvalue weighted by Gasteiger charge is 2.22. The number of hydrogen-bond donors (Lipinski definition) is 2. The molecular weight excluding hydrogens is 254 g/mol. The summed E-state index contributed by atoms with van der Waals surface area (Å²) in [4.78, 5) is 19.7. The number of hydrogen-bond acceptors (Lipinski definition) is 4. The van der Waals surface area contributed by atoms with Crippen LogP contribution in [0, 0.1) is 5.92 Å². The third-order valence-corrected chi connectivity index (χ3v) is 3.89. The lowest BCUT2D eigenvalue weighted by Crippen LogP contribution is -2.18. The fourth-order valence-electron chi connectivity index (χ4n) is 2.51. The summed E-state index contributed by atoms with van der Waals surface area (Å²) in [5.74, 6) is 0.773. The summed E-state index contributed by atoms with van der Waals surface area (Å²) in [6, 6.07) is 3.89. The van der Waals surface area contributed by atoms with E-state index < -0.39 is 5.97 Å². The zero-order valence-corrected chi connectivity index (χ0v) is 11.4. The number of carboxylic acid groups (broad SMARTS) is 1. The van der Waals surface area contributed by atoms with Gasteiger partial charge in [-0.05, 0) is 55.7 Å². The molecule has 0 aromatic carbocycles. The molecule has 2 heterocycles. The zero-order valence-electron chi connectivity index (χ0n) is 11.4. The molecule has 0 saturated heterocycles. The number of nitrogens with one attached hydrogen (secondary N) is 1. The Morgan fingerprint density at radius 1 is 1.40 bits per heavy atom. The molecule has 1 fully saturated rings.